The molecule has 0 amide bonds. The van der Waals surface area contributed by atoms with Gasteiger partial charge in [-0.3, -0.25) is 4.90 Å². The fraction of sp³-hybridized carbons (Fsp3) is 0.469. The highest BCUT2D eigenvalue weighted by molar-refractivity contribution is 5.64. The van der Waals surface area contributed by atoms with Crippen LogP contribution in [0.15, 0.2) is 48.8 Å². The third-order valence-electron chi connectivity index (χ3n) is 8.14. The Morgan fingerprint density at radius 3 is 2.52 bits per heavy atom. The van der Waals surface area contributed by atoms with E-state index in [1.54, 1.807) is 6.07 Å². The number of nitriles is 1. The molecular formula is C32H40N8O4. The maximum Gasteiger partial charge on any atom is 0.230 e. The molecule has 44 heavy (non-hydrogen) atoms. The van der Waals surface area contributed by atoms with E-state index in [1.807, 2.05) is 12.1 Å². The van der Waals surface area contributed by atoms with Crippen molar-refractivity contribution in [2.75, 3.05) is 76.4 Å². The number of nitrogens with one attached hydrogen (secondary N) is 1. The molecule has 3 saturated heterocycles. The quantitative estimate of drug-likeness (QED) is 0.368. The second-order valence-corrected chi connectivity index (χ2v) is 11.2. The van der Waals surface area contributed by atoms with Crippen LogP contribution in [0.5, 0.6) is 5.75 Å². The van der Waals surface area contributed by atoms with Gasteiger partial charge in [-0.15, -0.1) is 0 Å². The highest BCUT2D eigenvalue weighted by atomic mass is 16.5. The van der Waals surface area contributed by atoms with E-state index in [1.165, 1.54) is 12.0 Å². The van der Waals surface area contributed by atoms with E-state index < -0.39 is 0 Å². The Bertz CT molecular complexity index is 1400. The molecule has 3 aliphatic rings. The molecule has 2 N–H and O–H groups in total. The van der Waals surface area contributed by atoms with Gasteiger partial charge in [0.05, 0.1) is 31.4 Å². The first kappa shape index (κ1) is 31.3. The number of anilines is 3. The van der Waals surface area contributed by atoms with Crippen LogP contribution in [0.2, 0.25) is 0 Å². The zero-order valence-corrected chi connectivity index (χ0v) is 25.1. The summed E-state index contributed by atoms with van der Waals surface area (Å²) in [5, 5.41) is 20.6. The van der Waals surface area contributed by atoms with Crippen molar-refractivity contribution in [3.8, 4) is 23.2 Å². The van der Waals surface area contributed by atoms with Crippen molar-refractivity contribution in [2.45, 2.75) is 31.4 Å². The summed E-state index contributed by atoms with van der Waals surface area (Å²) in [5.41, 5.74) is 3.36. The number of ether oxygens (including phenoxy) is 2. The molecule has 0 bridgehead atoms. The average molecular weight is 601 g/mol. The first-order valence-electron chi connectivity index (χ1n) is 15.1. The van der Waals surface area contributed by atoms with Gasteiger partial charge in [0.2, 0.25) is 5.95 Å². The molecule has 12 heteroatoms. The van der Waals surface area contributed by atoms with Crippen LogP contribution in [0.1, 0.15) is 24.8 Å². The van der Waals surface area contributed by atoms with Crippen LogP contribution < -0.4 is 15.0 Å². The summed E-state index contributed by atoms with van der Waals surface area (Å²) in [6, 6.07) is 16.8. The number of nitrogens with zero attached hydrogens (tertiary/aromatic N) is 7. The van der Waals surface area contributed by atoms with Crippen LogP contribution >= 0.6 is 0 Å². The Hall–Kier alpha value is -4.15. The minimum atomic E-state index is -0.361. The molecule has 3 aliphatic heterocycles. The van der Waals surface area contributed by atoms with Crippen LogP contribution in [-0.4, -0.2) is 114 Å². The molecule has 1 atom stereocenters. The van der Waals surface area contributed by atoms with E-state index in [4.69, 9.17) is 19.4 Å². The van der Waals surface area contributed by atoms with Gasteiger partial charge in [-0.1, -0.05) is 0 Å². The summed E-state index contributed by atoms with van der Waals surface area (Å²) < 4.78 is 11.6. The fourth-order valence-electron chi connectivity index (χ4n) is 5.53. The lowest BCUT2D eigenvalue weighted by molar-refractivity contribution is -0.110. The Labute approximate surface area is 258 Å². The van der Waals surface area contributed by atoms with Gasteiger partial charge in [-0.2, -0.15) is 10.2 Å². The molecule has 3 fully saturated rings. The first-order valence-corrected chi connectivity index (χ1v) is 15.1. The van der Waals surface area contributed by atoms with Crippen molar-refractivity contribution < 1.29 is 19.4 Å². The fourth-order valence-corrected chi connectivity index (χ4v) is 5.53. The van der Waals surface area contributed by atoms with E-state index in [2.05, 4.69) is 72.4 Å². The number of aldehydes is 1. The minimum Gasteiger partial charge on any atom is -0.489 e. The SMILES string of the molecule is CN1CCCC(Oc2ccc(-c3ncnc(Nc4ccc(N5CCN(C6COC6)CC5)cc4)n3)cc2C#N)CC1.O=CCO. The highest BCUT2D eigenvalue weighted by Crippen LogP contribution is 2.28. The van der Waals surface area contributed by atoms with Crippen molar-refractivity contribution in [3.63, 3.8) is 0 Å². The van der Waals surface area contributed by atoms with Crippen LogP contribution in [0, 0.1) is 11.3 Å². The number of piperazine rings is 1. The molecule has 0 spiro atoms. The van der Waals surface area contributed by atoms with Gasteiger partial charge in [0, 0.05) is 49.7 Å². The van der Waals surface area contributed by atoms with Gasteiger partial charge in [-0.25, -0.2) is 9.97 Å². The Kier molecular flexibility index (Phi) is 11.0. The summed E-state index contributed by atoms with van der Waals surface area (Å²) >= 11 is 0. The standard InChI is InChI=1S/C30H36N8O2.C2H4O2/c1-36-11-2-3-27(10-12-36)40-28-9-4-22(17-23(28)18-31)29-32-21-33-30(35-29)34-24-5-7-25(8-6-24)37-13-15-38(16-14-37)26-19-39-20-26;3-1-2-4/h4-9,17,21,26-27H,2-3,10-16,19-20H2,1H3,(H,32,33,34,35);1,4H,2H2. The summed E-state index contributed by atoms with van der Waals surface area (Å²) in [4.78, 5) is 29.5. The number of rotatable bonds is 8. The van der Waals surface area contributed by atoms with Gasteiger partial charge in [0.1, 0.15) is 30.5 Å². The molecule has 0 aliphatic carbocycles. The van der Waals surface area contributed by atoms with E-state index in [0.717, 1.165) is 83.0 Å². The van der Waals surface area contributed by atoms with E-state index in [0.29, 0.717) is 35.4 Å². The minimum absolute atomic E-state index is 0.120. The predicted octanol–water partition coefficient (Wildman–Crippen LogP) is 2.72. The number of aliphatic hydroxyl groups is 1. The largest absolute Gasteiger partial charge is 0.489 e. The van der Waals surface area contributed by atoms with Gasteiger partial charge in [0.15, 0.2) is 5.82 Å². The third-order valence-corrected chi connectivity index (χ3v) is 8.14. The van der Waals surface area contributed by atoms with Crippen LogP contribution in [-0.2, 0) is 9.53 Å². The number of carbonyl (C=O) groups excluding carboxylic acids is 1. The number of benzene rings is 2. The van der Waals surface area contributed by atoms with Crippen molar-refractivity contribution in [3.05, 3.63) is 54.4 Å². The second-order valence-electron chi connectivity index (χ2n) is 11.2. The summed E-state index contributed by atoms with van der Waals surface area (Å²) in [7, 11) is 2.14. The number of likely N-dealkylation sites (tertiary alicyclic amines) is 1. The summed E-state index contributed by atoms with van der Waals surface area (Å²) in [5.74, 6) is 1.57. The van der Waals surface area contributed by atoms with Gasteiger partial charge >= 0.3 is 0 Å². The lowest BCUT2D eigenvalue weighted by Crippen LogP contribution is -2.56. The Morgan fingerprint density at radius 1 is 1.07 bits per heavy atom. The molecule has 0 saturated carbocycles. The average Bonchev–Trinajstić information content (AvgIpc) is 3.25. The lowest BCUT2D eigenvalue weighted by Gasteiger charge is -2.43. The zero-order valence-electron chi connectivity index (χ0n) is 25.1. The highest BCUT2D eigenvalue weighted by Gasteiger charge is 2.29. The van der Waals surface area contributed by atoms with Gasteiger partial charge < -0.3 is 34.5 Å². The Balaban J connectivity index is 0.000000906. The molecule has 4 heterocycles. The van der Waals surface area contributed by atoms with Crippen LogP contribution in [0.3, 0.4) is 0 Å². The van der Waals surface area contributed by atoms with Gasteiger partial charge in [0.25, 0.3) is 0 Å². The Morgan fingerprint density at radius 2 is 1.84 bits per heavy atom. The third kappa shape index (κ3) is 8.27. The number of hydrogen-bond donors (Lipinski definition) is 2. The monoisotopic (exact) mass is 600 g/mol. The molecule has 232 valence electrons. The smallest absolute Gasteiger partial charge is 0.230 e. The van der Waals surface area contributed by atoms with Crippen LogP contribution in [0.4, 0.5) is 17.3 Å². The molecular weight excluding hydrogens is 560 g/mol. The molecule has 0 radical (unpaired) electrons. The van der Waals surface area contributed by atoms with E-state index in [-0.39, 0.29) is 12.7 Å². The van der Waals surface area contributed by atoms with E-state index >= 15 is 0 Å². The molecule has 12 nitrogen and oxygen atoms in total. The van der Waals surface area contributed by atoms with Crippen molar-refractivity contribution in [1.29, 1.82) is 5.26 Å². The van der Waals surface area contributed by atoms with Crippen LogP contribution in [0.25, 0.3) is 11.4 Å². The number of aromatic nitrogens is 3. The van der Waals surface area contributed by atoms with E-state index in [9.17, 15) is 5.26 Å². The van der Waals surface area contributed by atoms with Crippen molar-refractivity contribution >= 4 is 23.6 Å². The summed E-state index contributed by atoms with van der Waals surface area (Å²) in [6.45, 7) is 7.65. The lowest BCUT2D eigenvalue weighted by atomic mass is 10.1. The number of carbonyl (C=O) groups is 1. The zero-order chi connectivity index (χ0) is 30.7. The van der Waals surface area contributed by atoms with Gasteiger partial charge in [-0.05, 0) is 75.3 Å². The molecule has 3 aromatic rings. The topological polar surface area (TPSA) is 140 Å². The summed E-state index contributed by atoms with van der Waals surface area (Å²) in [6.07, 6.45) is 5.09. The second kappa shape index (κ2) is 15.5. The molecule has 6 rings (SSSR count). The maximum absolute atomic E-state index is 9.82. The molecule has 2 aromatic carbocycles. The normalized spacial score (nSPS) is 19.5. The predicted molar refractivity (Wildman–Crippen MR) is 167 cm³/mol. The van der Waals surface area contributed by atoms with Crippen molar-refractivity contribution in [2.24, 2.45) is 0 Å². The van der Waals surface area contributed by atoms with Crippen molar-refractivity contribution in [1.82, 2.24) is 24.8 Å². The first-order chi connectivity index (χ1) is 21.6. The number of hydrogen-bond acceptors (Lipinski definition) is 12. The number of aliphatic hydroxyl groups excluding tert-OH is 1. The molecule has 1 unspecified atom stereocenters. The molecule has 1 aromatic heterocycles. The maximum atomic E-state index is 9.82.